The number of aromatic carboxylic acids is 1. The van der Waals surface area contributed by atoms with Gasteiger partial charge in [0.2, 0.25) is 0 Å². The lowest BCUT2D eigenvalue weighted by Gasteiger charge is -2.08. The topological polar surface area (TPSA) is 84.9 Å². The fourth-order valence-corrected chi connectivity index (χ4v) is 2.08. The van der Waals surface area contributed by atoms with Gasteiger partial charge in [-0.25, -0.2) is 9.18 Å². The summed E-state index contributed by atoms with van der Waals surface area (Å²) in [5.74, 6) is -4.03. The Balaban J connectivity index is 1.85. The van der Waals surface area contributed by atoms with E-state index in [2.05, 4.69) is 14.8 Å². The van der Waals surface area contributed by atoms with Crippen molar-refractivity contribution in [2.45, 2.75) is 6.29 Å². The zero-order chi connectivity index (χ0) is 17.5. The Hall–Kier alpha value is -3.23. The smallest absolute Gasteiger partial charge is 0.478 e. The Kier molecular flexibility index (Phi) is 3.55. The molecule has 0 saturated carbocycles. The first kappa shape index (κ1) is 15.7. The van der Waals surface area contributed by atoms with Crippen LogP contribution in [-0.4, -0.2) is 23.3 Å². The molecule has 1 aliphatic rings. The molecule has 6 nitrogen and oxygen atoms in total. The second-order valence-electron chi connectivity index (χ2n) is 4.76. The molecular weight excluding hydrogens is 331 g/mol. The molecule has 0 aromatic heterocycles. The van der Waals surface area contributed by atoms with Gasteiger partial charge in [-0.2, -0.15) is 0 Å². The third-order valence-electron chi connectivity index (χ3n) is 3.14. The van der Waals surface area contributed by atoms with Crippen molar-refractivity contribution >= 4 is 17.6 Å². The largest absolute Gasteiger partial charge is 0.586 e. The zero-order valence-corrected chi connectivity index (χ0v) is 11.7. The molecule has 1 heterocycles. The maximum Gasteiger partial charge on any atom is 0.586 e. The molecule has 0 atom stereocenters. The summed E-state index contributed by atoms with van der Waals surface area (Å²) in [5, 5.41) is 11.0. The predicted molar refractivity (Wildman–Crippen MR) is 74.0 cm³/mol. The second-order valence-corrected chi connectivity index (χ2v) is 4.76. The van der Waals surface area contributed by atoms with Gasteiger partial charge in [-0.1, -0.05) is 6.07 Å². The summed E-state index contributed by atoms with van der Waals surface area (Å²) in [6, 6.07) is 6.75. The number of rotatable bonds is 3. The number of alkyl halides is 2. The molecule has 0 radical (unpaired) electrons. The van der Waals surface area contributed by atoms with Gasteiger partial charge in [-0.05, 0) is 30.3 Å². The predicted octanol–water partition coefficient (Wildman–Crippen LogP) is 3.10. The molecule has 1 amide bonds. The number of amides is 1. The quantitative estimate of drug-likeness (QED) is 0.898. The molecule has 2 N–H and O–H groups in total. The lowest BCUT2D eigenvalue weighted by molar-refractivity contribution is -0.286. The lowest BCUT2D eigenvalue weighted by Crippen LogP contribution is -2.25. The number of carbonyl (C=O) groups is 2. The molecule has 2 aromatic carbocycles. The maximum absolute atomic E-state index is 14.0. The van der Waals surface area contributed by atoms with Gasteiger partial charge < -0.3 is 19.9 Å². The summed E-state index contributed by atoms with van der Waals surface area (Å²) < 4.78 is 48.3. The zero-order valence-electron chi connectivity index (χ0n) is 11.7. The molecule has 3 rings (SSSR count). The van der Waals surface area contributed by atoms with Gasteiger partial charge in [-0.3, -0.25) is 4.79 Å². The number of nitrogens with one attached hydrogen (secondary N) is 1. The highest BCUT2D eigenvalue weighted by Crippen LogP contribution is 2.41. The van der Waals surface area contributed by atoms with E-state index in [1.807, 2.05) is 0 Å². The first-order valence-corrected chi connectivity index (χ1v) is 6.50. The van der Waals surface area contributed by atoms with Crippen LogP contribution in [0.4, 0.5) is 18.9 Å². The van der Waals surface area contributed by atoms with E-state index in [4.69, 9.17) is 5.11 Å². The lowest BCUT2D eigenvalue weighted by atomic mass is 10.1. The van der Waals surface area contributed by atoms with Crippen LogP contribution in [0.25, 0.3) is 0 Å². The normalized spacial score (nSPS) is 14.3. The van der Waals surface area contributed by atoms with Gasteiger partial charge in [0.1, 0.15) is 0 Å². The number of hydrogen-bond donors (Lipinski definition) is 2. The van der Waals surface area contributed by atoms with Crippen LogP contribution in [0.5, 0.6) is 11.5 Å². The molecule has 0 saturated heterocycles. The van der Waals surface area contributed by atoms with Crippen LogP contribution in [0, 0.1) is 5.82 Å². The SMILES string of the molecule is O=C(Nc1cccc(C(=O)O)c1F)c1ccc2c(c1)OC(F)(F)O2. The van der Waals surface area contributed by atoms with E-state index in [1.54, 1.807) is 0 Å². The molecule has 124 valence electrons. The summed E-state index contributed by atoms with van der Waals surface area (Å²) in [5.41, 5.74) is -1.07. The Morgan fingerprint density at radius 3 is 2.50 bits per heavy atom. The first-order valence-electron chi connectivity index (χ1n) is 6.50. The third-order valence-corrected chi connectivity index (χ3v) is 3.14. The average molecular weight is 339 g/mol. The highest BCUT2D eigenvalue weighted by molar-refractivity contribution is 6.05. The minimum Gasteiger partial charge on any atom is -0.478 e. The minimum absolute atomic E-state index is 0.102. The van der Waals surface area contributed by atoms with Crippen molar-refractivity contribution in [3.63, 3.8) is 0 Å². The van der Waals surface area contributed by atoms with Crippen molar-refractivity contribution in [2.75, 3.05) is 5.32 Å². The molecule has 0 bridgehead atoms. The molecule has 0 spiro atoms. The van der Waals surface area contributed by atoms with E-state index in [-0.39, 0.29) is 22.7 Å². The second kappa shape index (κ2) is 5.44. The van der Waals surface area contributed by atoms with Crippen LogP contribution in [0.15, 0.2) is 36.4 Å². The fraction of sp³-hybridized carbons (Fsp3) is 0.0667. The number of anilines is 1. The number of carbonyl (C=O) groups excluding carboxylic acids is 1. The van der Waals surface area contributed by atoms with Gasteiger partial charge in [0.15, 0.2) is 17.3 Å². The number of benzene rings is 2. The van der Waals surface area contributed by atoms with Gasteiger partial charge in [0, 0.05) is 5.56 Å². The van der Waals surface area contributed by atoms with Crippen LogP contribution >= 0.6 is 0 Å². The van der Waals surface area contributed by atoms with E-state index in [0.717, 1.165) is 18.2 Å². The van der Waals surface area contributed by atoms with Crippen molar-refractivity contribution in [3.8, 4) is 11.5 Å². The van der Waals surface area contributed by atoms with Crippen molar-refractivity contribution in [3.05, 3.63) is 53.3 Å². The molecule has 2 aromatic rings. The average Bonchev–Trinajstić information content (AvgIpc) is 2.81. The van der Waals surface area contributed by atoms with E-state index in [0.29, 0.717) is 0 Å². The Labute approximate surface area is 132 Å². The molecule has 1 aliphatic heterocycles. The highest BCUT2D eigenvalue weighted by atomic mass is 19.3. The van der Waals surface area contributed by atoms with Crippen LogP contribution in [-0.2, 0) is 0 Å². The van der Waals surface area contributed by atoms with Gasteiger partial charge in [-0.15, -0.1) is 8.78 Å². The summed E-state index contributed by atoms with van der Waals surface area (Å²) in [6.07, 6.45) is -3.82. The number of carboxylic acids is 1. The summed E-state index contributed by atoms with van der Waals surface area (Å²) >= 11 is 0. The van der Waals surface area contributed by atoms with E-state index >= 15 is 0 Å². The van der Waals surface area contributed by atoms with E-state index in [1.165, 1.54) is 18.2 Å². The highest BCUT2D eigenvalue weighted by Gasteiger charge is 2.43. The summed E-state index contributed by atoms with van der Waals surface area (Å²) in [7, 11) is 0. The Bertz CT molecular complexity index is 853. The molecule has 24 heavy (non-hydrogen) atoms. The number of halogens is 3. The van der Waals surface area contributed by atoms with Crippen molar-refractivity contribution in [2.24, 2.45) is 0 Å². The molecule has 0 fully saturated rings. The number of carboxylic acid groups (broad SMARTS) is 1. The van der Waals surface area contributed by atoms with Crippen LogP contribution < -0.4 is 14.8 Å². The van der Waals surface area contributed by atoms with Crippen molar-refractivity contribution in [1.82, 2.24) is 0 Å². The van der Waals surface area contributed by atoms with E-state index in [9.17, 15) is 22.8 Å². The minimum atomic E-state index is -3.82. The fourth-order valence-electron chi connectivity index (χ4n) is 2.08. The summed E-state index contributed by atoms with van der Waals surface area (Å²) in [4.78, 5) is 23.0. The standard InChI is InChI=1S/C15H8F3NO5/c16-12-8(14(21)22)2-1-3-9(12)19-13(20)7-4-5-10-11(6-7)24-15(17,18)23-10/h1-6H,(H,19,20)(H,21,22). The first-order chi connectivity index (χ1) is 11.3. The number of hydrogen-bond acceptors (Lipinski definition) is 4. The Morgan fingerprint density at radius 1 is 1.08 bits per heavy atom. The molecule has 0 aliphatic carbocycles. The van der Waals surface area contributed by atoms with Gasteiger partial charge >= 0.3 is 12.3 Å². The van der Waals surface area contributed by atoms with Crippen LogP contribution in [0.2, 0.25) is 0 Å². The van der Waals surface area contributed by atoms with Crippen molar-refractivity contribution < 1.29 is 37.3 Å². The van der Waals surface area contributed by atoms with Gasteiger partial charge in [0.05, 0.1) is 11.3 Å². The number of fused-ring (bicyclic) bond motifs is 1. The van der Waals surface area contributed by atoms with Crippen LogP contribution in [0.1, 0.15) is 20.7 Å². The Morgan fingerprint density at radius 2 is 1.79 bits per heavy atom. The number of ether oxygens (including phenoxy) is 2. The maximum atomic E-state index is 14.0. The molecule has 9 heteroatoms. The monoisotopic (exact) mass is 339 g/mol. The third kappa shape index (κ3) is 2.83. The van der Waals surface area contributed by atoms with Gasteiger partial charge in [0.25, 0.3) is 5.91 Å². The van der Waals surface area contributed by atoms with E-state index < -0.39 is 29.6 Å². The van der Waals surface area contributed by atoms with Crippen molar-refractivity contribution in [1.29, 1.82) is 0 Å². The molecular formula is C15H8F3NO5. The molecule has 0 unspecified atom stereocenters. The van der Waals surface area contributed by atoms with Crippen LogP contribution in [0.3, 0.4) is 0 Å². The summed E-state index contributed by atoms with van der Waals surface area (Å²) in [6.45, 7) is 0.